The zero-order valence-corrected chi connectivity index (χ0v) is 20.8. The summed E-state index contributed by atoms with van der Waals surface area (Å²) < 4.78 is 16.5. The van der Waals surface area contributed by atoms with E-state index in [4.69, 9.17) is 14.2 Å². The third-order valence-corrected chi connectivity index (χ3v) is 4.83. The van der Waals surface area contributed by atoms with Gasteiger partial charge < -0.3 is 14.2 Å². The predicted octanol–water partition coefficient (Wildman–Crippen LogP) is 7.73. The number of rotatable bonds is 11. The topological polar surface area (TPSA) is 56.8 Å². The Morgan fingerprint density at radius 2 is 1.53 bits per heavy atom. The molecule has 0 aromatic heterocycles. The Morgan fingerprint density at radius 1 is 0.906 bits per heavy atom. The van der Waals surface area contributed by atoms with Crippen LogP contribution in [0.1, 0.15) is 67.8 Å². The van der Waals surface area contributed by atoms with Crippen molar-refractivity contribution in [1.29, 1.82) is 0 Å². The average molecular weight is 446 g/mol. The summed E-state index contributed by atoms with van der Waals surface area (Å²) in [6.07, 6.45) is 0.234. The maximum absolute atomic E-state index is 11.7. The predicted molar refractivity (Wildman–Crippen MR) is 134 cm³/mol. The minimum absolute atomic E-state index is 0. The minimum atomic E-state index is -0.505. The Hall–Kier alpha value is -2.53. The molecule has 0 aliphatic heterocycles. The standard InChI is InChI=1S/C25H35NO4.C2H6.H2/c1-18(2)17-24(19(3)4)21-11-13-23(14-12-21)30-20(5)28-15-16-29-25(27)26-22-9-7-6-8-10-22;1-2;/h6-14,18-20,24H,15-17H2,1-5H3,(H,26,27);1-2H3;1H. The van der Waals surface area contributed by atoms with Crippen molar-refractivity contribution in [3.63, 3.8) is 0 Å². The first-order chi connectivity index (χ1) is 15.3. The van der Waals surface area contributed by atoms with Crippen molar-refractivity contribution in [2.75, 3.05) is 18.5 Å². The molecular weight excluding hydrogens is 402 g/mol. The van der Waals surface area contributed by atoms with Gasteiger partial charge in [0.25, 0.3) is 0 Å². The Bertz CT molecular complexity index is 750. The SMILES string of the molecule is CC.CC(C)CC(c1ccc(OC(C)OCCOC(=O)Nc2ccccc2)cc1)C(C)C.[HH]. The second-order valence-corrected chi connectivity index (χ2v) is 8.23. The smallest absolute Gasteiger partial charge is 0.411 e. The minimum Gasteiger partial charge on any atom is -0.465 e. The van der Waals surface area contributed by atoms with Gasteiger partial charge in [-0.3, -0.25) is 5.32 Å². The van der Waals surface area contributed by atoms with Crippen LogP contribution in [0.4, 0.5) is 10.5 Å². The summed E-state index contributed by atoms with van der Waals surface area (Å²) in [5, 5.41) is 2.66. The average Bonchev–Trinajstić information content (AvgIpc) is 2.77. The molecule has 5 nitrogen and oxygen atoms in total. The number of nitrogens with one attached hydrogen (secondary N) is 1. The van der Waals surface area contributed by atoms with Gasteiger partial charge in [-0.2, -0.15) is 0 Å². The third-order valence-electron chi connectivity index (χ3n) is 4.83. The van der Waals surface area contributed by atoms with Gasteiger partial charge in [0, 0.05) is 7.11 Å². The summed E-state index contributed by atoms with van der Waals surface area (Å²) in [7, 11) is 0. The maximum atomic E-state index is 11.7. The fourth-order valence-electron chi connectivity index (χ4n) is 3.34. The zero-order chi connectivity index (χ0) is 23.9. The summed E-state index contributed by atoms with van der Waals surface area (Å²) in [5.41, 5.74) is 2.04. The number of para-hydroxylation sites is 1. The van der Waals surface area contributed by atoms with E-state index in [0.29, 0.717) is 23.4 Å². The molecule has 0 bridgehead atoms. The van der Waals surface area contributed by atoms with Crippen molar-refractivity contribution in [2.24, 2.45) is 11.8 Å². The summed E-state index contributed by atoms with van der Waals surface area (Å²) in [5.74, 6) is 2.58. The van der Waals surface area contributed by atoms with Crippen LogP contribution in [-0.2, 0) is 9.47 Å². The molecule has 2 unspecified atom stereocenters. The molecule has 180 valence electrons. The van der Waals surface area contributed by atoms with Gasteiger partial charge in [0.15, 0.2) is 6.29 Å². The molecule has 1 N–H and O–H groups in total. The Balaban J connectivity index is 0.00000332. The molecule has 1 amide bonds. The van der Waals surface area contributed by atoms with E-state index in [0.717, 1.165) is 5.75 Å². The van der Waals surface area contributed by atoms with Crippen LogP contribution in [0.5, 0.6) is 5.75 Å². The molecule has 5 heteroatoms. The van der Waals surface area contributed by atoms with Crippen LogP contribution in [0.25, 0.3) is 0 Å². The van der Waals surface area contributed by atoms with Crippen LogP contribution < -0.4 is 10.1 Å². The fraction of sp³-hybridized carbons (Fsp3) is 0.519. The largest absolute Gasteiger partial charge is 0.465 e. The lowest BCUT2D eigenvalue weighted by molar-refractivity contribution is -0.0765. The van der Waals surface area contributed by atoms with E-state index in [1.807, 2.05) is 51.1 Å². The normalized spacial score (nSPS) is 12.5. The zero-order valence-electron chi connectivity index (χ0n) is 20.8. The Kier molecular flexibility index (Phi) is 13.2. The number of amides is 1. The first kappa shape index (κ1) is 27.5. The molecule has 2 aromatic rings. The number of anilines is 1. The van der Waals surface area contributed by atoms with Gasteiger partial charge in [-0.1, -0.05) is 71.9 Å². The van der Waals surface area contributed by atoms with Crippen LogP contribution in [0.3, 0.4) is 0 Å². The van der Waals surface area contributed by atoms with Gasteiger partial charge >= 0.3 is 6.09 Å². The van der Waals surface area contributed by atoms with E-state index in [1.165, 1.54) is 12.0 Å². The second kappa shape index (κ2) is 15.3. The van der Waals surface area contributed by atoms with Crippen molar-refractivity contribution >= 4 is 11.8 Å². The first-order valence-corrected chi connectivity index (χ1v) is 11.7. The lowest BCUT2D eigenvalue weighted by atomic mass is 9.82. The molecule has 0 saturated carbocycles. The Morgan fingerprint density at radius 3 is 2.09 bits per heavy atom. The fourth-order valence-corrected chi connectivity index (χ4v) is 3.34. The van der Waals surface area contributed by atoms with Gasteiger partial charge in [-0.05, 0) is 60.9 Å². The van der Waals surface area contributed by atoms with Crippen molar-refractivity contribution < 1.29 is 20.4 Å². The van der Waals surface area contributed by atoms with Gasteiger partial charge in [0.05, 0.1) is 6.61 Å². The van der Waals surface area contributed by atoms with Crippen LogP contribution in [-0.4, -0.2) is 25.6 Å². The van der Waals surface area contributed by atoms with Gasteiger partial charge in [0.1, 0.15) is 12.4 Å². The van der Waals surface area contributed by atoms with E-state index < -0.39 is 12.4 Å². The molecule has 0 aliphatic rings. The third kappa shape index (κ3) is 10.7. The van der Waals surface area contributed by atoms with E-state index >= 15 is 0 Å². The number of benzene rings is 2. The molecule has 2 rings (SSSR count). The van der Waals surface area contributed by atoms with Gasteiger partial charge in [-0.25, -0.2) is 4.79 Å². The van der Waals surface area contributed by atoms with Crippen molar-refractivity contribution in [3.8, 4) is 5.75 Å². The highest BCUT2D eigenvalue weighted by atomic mass is 16.7. The highest BCUT2D eigenvalue weighted by Gasteiger charge is 2.17. The van der Waals surface area contributed by atoms with Crippen molar-refractivity contribution in [1.82, 2.24) is 0 Å². The second-order valence-electron chi connectivity index (χ2n) is 8.23. The summed E-state index contributed by atoms with van der Waals surface area (Å²) in [6.45, 7) is 15.3. The Labute approximate surface area is 196 Å². The summed E-state index contributed by atoms with van der Waals surface area (Å²) >= 11 is 0. The quantitative estimate of drug-likeness (QED) is 0.284. The van der Waals surface area contributed by atoms with Crippen LogP contribution in [0, 0.1) is 11.8 Å². The van der Waals surface area contributed by atoms with Crippen LogP contribution in [0.2, 0.25) is 0 Å². The molecule has 0 heterocycles. The molecule has 2 atom stereocenters. The number of carbonyl (C=O) groups excluding carboxylic acids is 1. The number of hydrogen-bond donors (Lipinski definition) is 1. The molecule has 0 aliphatic carbocycles. The lowest BCUT2D eigenvalue weighted by Crippen LogP contribution is -2.21. The van der Waals surface area contributed by atoms with E-state index in [2.05, 4.69) is 45.1 Å². The van der Waals surface area contributed by atoms with E-state index in [1.54, 1.807) is 12.1 Å². The monoisotopic (exact) mass is 445 g/mol. The highest BCUT2D eigenvalue weighted by molar-refractivity contribution is 5.84. The summed E-state index contributed by atoms with van der Waals surface area (Å²) in [4.78, 5) is 11.7. The van der Waals surface area contributed by atoms with Crippen LogP contribution >= 0.6 is 0 Å². The molecule has 0 radical (unpaired) electrons. The number of carbonyl (C=O) groups is 1. The maximum Gasteiger partial charge on any atom is 0.411 e. The van der Waals surface area contributed by atoms with Gasteiger partial charge in [-0.15, -0.1) is 0 Å². The number of hydrogen-bond acceptors (Lipinski definition) is 4. The number of ether oxygens (including phenoxy) is 3. The molecule has 0 spiro atoms. The molecule has 0 saturated heterocycles. The molecule has 32 heavy (non-hydrogen) atoms. The first-order valence-electron chi connectivity index (χ1n) is 11.7. The van der Waals surface area contributed by atoms with E-state index in [-0.39, 0.29) is 14.6 Å². The van der Waals surface area contributed by atoms with Gasteiger partial charge in [0.2, 0.25) is 0 Å². The van der Waals surface area contributed by atoms with Crippen LogP contribution in [0.15, 0.2) is 54.6 Å². The molecule has 2 aromatic carbocycles. The molecular formula is C27H43NO4. The van der Waals surface area contributed by atoms with Crippen molar-refractivity contribution in [2.45, 2.75) is 67.1 Å². The highest BCUT2D eigenvalue weighted by Crippen LogP contribution is 2.32. The van der Waals surface area contributed by atoms with Crippen molar-refractivity contribution in [3.05, 3.63) is 60.2 Å². The van der Waals surface area contributed by atoms with E-state index in [9.17, 15) is 4.79 Å². The lowest BCUT2D eigenvalue weighted by Gasteiger charge is -2.24. The molecule has 0 fully saturated rings. The summed E-state index contributed by atoms with van der Waals surface area (Å²) in [6, 6.07) is 17.4.